The normalized spacial score (nSPS) is 11.0. The number of aryl methyl sites for hydroxylation is 1. The molecule has 1 aromatic heterocycles. The van der Waals surface area contributed by atoms with Crippen LogP contribution < -0.4 is 5.32 Å². The van der Waals surface area contributed by atoms with Gasteiger partial charge in [0.05, 0.1) is 6.54 Å². The second-order valence-electron chi connectivity index (χ2n) is 3.43. The molecule has 1 N–H and O–H groups in total. The van der Waals surface area contributed by atoms with E-state index in [2.05, 4.69) is 25.2 Å². The van der Waals surface area contributed by atoms with Gasteiger partial charge in [0, 0.05) is 5.39 Å². The van der Waals surface area contributed by atoms with Gasteiger partial charge >= 0.3 is 0 Å². The molecule has 74 valence electrons. The van der Waals surface area contributed by atoms with Gasteiger partial charge in [0.25, 0.3) is 0 Å². The topological polar surface area (TPSA) is 25.2 Å². The van der Waals surface area contributed by atoms with E-state index in [1.54, 1.807) is 0 Å². The van der Waals surface area contributed by atoms with Crippen LogP contribution in [0.5, 0.6) is 0 Å². The second-order valence-corrected chi connectivity index (χ2v) is 3.43. The van der Waals surface area contributed by atoms with Crippen molar-refractivity contribution < 1.29 is 4.42 Å². The summed E-state index contributed by atoms with van der Waals surface area (Å²) in [7, 11) is 0. The average Bonchev–Trinajstić information content (AvgIpc) is 2.54. The second kappa shape index (κ2) is 3.84. The summed E-state index contributed by atoms with van der Waals surface area (Å²) in [5, 5.41) is 4.50. The Morgan fingerprint density at radius 1 is 1.29 bits per heavy atom. The molecular weight excluding hydrogens is 174 g/mol. The first-order chi connectivity index (χ1) is 6.83. The molecule has 0 atom stereocenters. The molecule has 0 saturated heterocycles. The predicted molar refractivity (Wildman–Crippen MR) is 58.3 cm³/mol. The van der Waals surface area contributed by atoms with E-state index in [1.165, 1.54) is 10.9 Å². The number of para-hydroxylation sites is 1. The molecule has 0 radical (unpaired) electrons. The van der Waals surface area contributed by atoms with E-state index in [0.29, 0.717) is 0 Å². The standard InChI is InChI=1S/C12H15NO/c1-3-13-8-12-9(2)10-6-4-5-7-11(10)14-12/h4-7,13H,3,8H2,1-2H3. The zero-order valence-corrected chi connectivity index (χ0v) is 8.63. The van der Waals surface area contributed by atoms with Crippen LogP contribution in [-0.2, 0) is 6.54 Å². The van der Waals surface area contributed by atoms with Crippen LogP contribution in [0.15, 0.2) is 28.7 Å². The minimum Gasteiger partial charge on any atom is -0.459 e. The van der Waals surface area contributed by atoms with Crippen LogP contribution in [0.4, 0.5) is 0 Å². The van der Waals surface area contributed by atoms with E-state index in [1.807, 2.05) is 18.2 Å². The monoisotopic (exact) mass is 189 g/mol. The summed E-state index contributed by atoms with van der Waals surface area (Å²) in [4.78, 5) is 0. The SMILES string of the molecule is CCNCc1oc2ccccc2c1C. The first-order valence-corrected chi connectivity index (χ1v) is 5.00. The Balaban J connectivity index is 2.41. The number of rotatable bonds is 3. The lowest BCUT2D eigenvalue weighted by Crippen LogP contribution is -2.11. The zero-order valence-electron chi connectivity index (χ0n) is 8.63. The van der Waals surface area contributed by atoms with Gasteiger partial charge in [-0.25, -0.2) is 0 Å². The average molecular weight is 189 g/mol. The fourth-order valence-electron chi connectivity index (χ4n) is 1.63. The molecule has 2 heteroatoms. The number of hydrogen-bond acceptors (Lipinski definition) is 2. The Hall–Kier alpha value is -1.28. The van der Waals surface area contributed by atoms with Crippen molar-refractivity contribution >= 4 is 11.0 Å². The minimum atomic E-state index is 0.816. The van der Waals surface area contributed by atoms with Gasteiger partial charge in [-0.1, -0.05) is 25.1 Å². The fraction of sp³-hybridized carbons (Fsp3) is 0.333. The molecule has 1 aromatic carbocycles. The van der Waals surface area contributed by atoms with Crippen molar-refractivity contribution in [2.45, 2.75) is 20.4 Å². The highest BCUT2D eigenvalue weighted by atomic mass is 16.3. The Morgan fingerprint density at radius 2 is 2.07 bits per heavy atom. The lowest BCUT2D eigenvalue weighted by Gasteiger charge is -1.97. The van der Waals surface area contributed by atoms with Crippen molar-refractivity contribution in [2.24, 2.45) is 0 Å². The molecule has 0 aliphatic rings. The Labute approximate surface area is 83.9 Å². The van der Waals surface area contributed by atoms with Crippen molar-refractivity contribution in [1.82, 2.24) is 5.32 Å². The molecule has 0 bridgehead atoms. The summed E-state index contributed by atoms with van der Waals surface area (Å²) in [6, 6.07) is 8.16. The van der Waals surface area contributed by atoms with Crippen molar-refractivity contribution in [3.05, 3.63) is 35.6 Å². The highest BCUT2D eigenvalue weighted by Crippen LogP contribution is 2.24. The molecule has 0 unspecified atom stereocenters. The van der Waals surface area contributed by atoms with Crippen LogP contribution in [0, 0.1) is 6.92 Å². The lowest BCUT2D eigenvalue weighted by atomic mass is 10.1. The first-order valence-electron chi connectivity index (χ1n) is 5.00. The summed E-state index contributed by atoms with van der Waals surface area (Å²) in [6.45, 7) is 5.99. The lowest BCUT2D eigenvalue weighted by molar-refractivity contribution is 0.516. The van der Waals surface area contributed by atoms with Crippen molar-refractivity contribution in [2.75, 3.05) is 6.54 Å². The van der Waals surface area contributed by atoms with Crippen molar-refractivity contribution in [3.8, 4) is 0 Å². The third kappa shape index (κ3) is 1.53. The Morgan fingerprint density at radius 3 is 2.79 bits per heavy atom. The van der Waals surface area contributed by atoms with E-state index in [4.69, 9.17) is 4.42 Å². The molecule has 0 aliphatic carbocycles. The highest BCUT2D eigenvalue weighted by molar-refractivity contribution is 5.81. The summed E-state index contributed by atoms with van der Waals surface area (Å²) < 4.78 is 5.74. The molecular formula is C12H15NO. The summed E-state index contributed by atoms with van der Waals surface area (Å²) >= 11 is 0. The van der Waals surface area contributed by atoms with Crippen LogP contribution in [0.25, 0.3) is 11.0 Å². The Kier molecular flexibility index (Phi) is 2.55. The maximum atomic E-state index is 5.74. The molecule has 0 fully saturated rings. The van der Waals surface area contributed by atoms with Crippen molar-refractivity contribution in [3.63, 3.8) is 0 Å². The van der Waals surface area contributed by atoms with Gasteiger partial charge in [0.1, 0.15) is 11.3 Å². The highest BCUT2D eigenvalue weighted by Gasteiger charge is 2.08. The summed E-state index contributed by atoms with van der Waals surface area (Å²) in [5.41, 5.74) is 2.24. The van der Waals surface area contributed by atoms with Gasteiger partial charge in [-0.15, -0.1) is 0 Å². The zero-order chi connectivity index (χ0) is 9.97. The first kappa shape index (κ1) is 9.28. The number of benzene rings is 1. The van der Waals surface area contributed by atoms with Crippen LogP contribution in [0.2, 0.25) is 0 Å². The smallest absolute Gasteiger partial charge is 0.134 e. The third-order valence-electron chi connectivity index (χ3n) is 2.48. The fourth-order valence-corrected chi connectivity index (χ4v) is 1.63. The molecule has 0 amide bonds. The maximum Gasteiger partial charge on any atom is 0.134 e. The number of furan rings is 1. The predicted octanol–water partition coefficient (Wildman–Crippen LogP) is 2.85. The largest absolute Gasteiger partial charge is 0.459 e. The molecule has 1 heterocycles. The molecule has 2 aromatic rings. The van der Waals surface area contributed by atoms with Crippen molar-refractivity contribution in [1.29, 1.82) is 0 Å². The number of nitrogens with one attached hydrogen (secondary N) is 1. The Bertz CT molecular complexity index is 431. The van der Waals surface area contributed by atoms with E-state index < -0.39 is 0 Å². The van der Waals surface area contributed by atoms with Crippen LogP contribution in [0.1, 0.15) is 18.2 Å². The molecule has 2 nitrogen and oxygen atoms in total. The van der Waals surface area contributed by atoms with Crippen LogP contribution in [0.3, 0.4) is 0 Å². The van der Waals surface area contributed by atoms with Gasteiger partial charge in [-0.2, -0.15) is 0 Å². The van der Waals surface area contributed by atoms with Gasteiger partial charge in [-0.3, -0.25) is 0 Å². The number of hydrogen-bond donors (Lipinski definition) is 1. The van der Waals surface area contributed by atoms with Crippen LogP contribution >= 0.6 is 0 Å². The molecule has 0 saturated carbocycles. The van der Waals surface area contributed by atoms with Crippen LogP contribution in [-0.4, -0.2) is 6.54 Å². The van der Waals surface area contributed by atoms with E-state index >= 15 is 0 Å². The van der Waals surface area contributed by atoms with E-state index in [0.717, 1.165) is 24.4 Å². The van der Waals surface area contributed by atoms with Gasteiger partial charge in [0.2, 0.25) is 0 Å². The van der Waals surface area contributed by atoms with E-state index in [9.17, 15) is 0 Å². The number of fused-ring (bicyclic) bond motifs is 1. The van der Waals surface area contributed by atoms with Gasteiger partial charge in [-0.05, 0) is 25.1 Å². The molecule has 2 rings (SSSR count). The maximum absolute atomic E-state index is 5.74. The van der Waals surface area contributed by atoms with Gasteiger partial charge < -0.3 is 9.73 Å². The quantitative estimate of drug-likeness (QED) is 0.803. The third-order valence-corrected chi connectivity index (χ3v) is 2.48. The summed E-state index contributed by atoms with van der Waals surface area (Å²) in [6.07, 6.45) is 0. The minimum absolute atomic E-state index is 0.816. The molecule has 14 heavy (non-hydrogen) atoms. The molecule has 0 aliphatic heterocycles. The summed E-state index contributed by atoms with van der Waals surface area (Å²) in [5.74, 6) is 1.05. The van der Waals surface area contributed by atoms with Gasteiger partial charge in [0.15, 0.2) is 0 Å². The molecule has 0 spiro atoms. The van der Waals surface area contributed by atoms with E-state index in [-0.39, 0.29) is 0 Å².